The van der Waals surface area contributed by atoms with Crippen molar-refractivity contribution in [1.29, 1.82) is 5.41 Å². The summed E-state index contributed by atoms with van der Waals surface area (Å²) in [7, 11) is 0. The van der Waals surface area contributed by atoms with Gasteiger partial charge in [-0.3, -0.25) is 15.2 Å². The van der Waals surface area contributed by atoms with Gasteiger partial charge in [-0.25, -0.2) is 0 Å². The molecule has 1 saturated heterocycles. The third-order valence-corrected chi connectivity index (χ3v) is 8.75. The van der Waals surface area contributed by atoms with E-state index in [9.17, 15) is 0 Å². The number of rotatable bonds is 11. The Bertz CT molecular complexity index is 1700. The van der Waals surface area contributed by atoms with E-state index in [0.717, 1.165) is 74.0 Å². The Kier molecular flexibility index (Phi) is 9.27. The molecule has 0 atom stereocenters. The summed E-state index contributed by atoms with van der Waals surface area (Å²) in [4.78, 5) is 5.02. The van der Waals surface area contributed by atoms with Crippen molar-refractivity contribution in [3.05, 3.63) is 130 Å². The van der Waals surface area contributed by atoms with Crippen LogP contribution in [0.4, 0.5) is 0 Å². The minimum Gasteiger partial charge on any atom is -0.494 e. The van der Waals surface area contributed by atoms with Crippen LogP contribution in [0, 0.1) is 12.3 Å². The maximum absolute atomic E-state index is 9.03. The van der Waals surface area contributed by atoms with Gasteiger partial charge in [0, 0.05) is 50.8 Å². The first-order chi connectivity index (χ1) is 21.0. The van der Waals surface area contributed by atoms with Crippen LogP contribution in [0.15, 0.2) is 97.1 Å². The van der Waals surface area contributed by atoms with E-state index >= 15 is 0 Å². The van der Waals surface area contributed by atoms with E-state index in [-0.39, 0.29) is 0 Å². The number of fused-ring (bicyclic) bond motifs is 1. The van der Waals surface area contributed by atoms with Crippen LogP contribution in [0.2, 0.25) is 5.02 Å². The SMILES string of the molecule is Cc1ccc(OCCCn2c(=N)n(Cc3ccc(CN4CCN(Cc5ccccc5Cl)CC4)cc3)c3ccccc32)cc1. The topological polar surface area (TPSA) is 49.4 Å². The fourth-order valence-electron chi connectivity index (χ4n) is 5.89. The number of nitrogens with one attached hydrogen (secondary N) is 1. The Morgan fingerprint density at radius 1 is 0.674 bits per heavy atom. The minimum atomic E-state index is 0.523. The lowest BCUT2D eigenvalue weighted by molar-refractivity contribution is 0.122. The predicted octanol–water partition coefficient (Wildman–Crippen LogP) is 6.72. The largest absolute Gasteiger partial charge is 0.494 e. The smallest absolute Gasteiger partial charge is 0.203 e. The summed E-state index contributed by atoms with van der Waals surface area (Å²) in [6.45, 7) is 10.2. The number of hydrogen-bond acceptors (Lipinski definition) is 4. The molecule has 2 heterocycles. The summed E-state index contributed by atoms with van der Waals surface area (Å²) in [6.07, 6.45) is 0.835. The third kappa shape index (κ3) is 7.21. The molecule has 5 aromatic rings. The molecule has 1 aliphatic rings. The lowest BCUT2D eigenvalue weighted by atomic mass is 10.1. The Morgan fingerprint density at radius 3 is 1.93 bits per heavy atom. The molecule has 4 aromatic carbocycles. The van der Waals surface area contributed by atoms with Gasteiger partial charge in [0.2, 0.25) is 5.62 Å². The summed E-state index contributed by atoms with van der Waals surface area (Å²) >= 11 is 6.38. The van der Waals surface area contributed by atoms with E-state index in [4.69, 9.17) is 21.7 Å². The maximum Gasteiger partial charge on any atom is 0.203 e. The zero-order chi connectivity index (χ0) is 29.6. The van der Waals surface area contributed by atoms with Crippen LogP contribution in [0.25, 0.3) is 11.0 Å². The summed E-state index contributed by atoms with van der Waals surface area (Å²) in [6, 6.07) is 33.6. The standard InChI is InChI=1S/C36H40ClN5O/c1-28-11-17-32(18-12-28)43-24-6-19-41-34-9-4-5-10-35(34)42(36(41)38)26-30-15-13-29(14-16-30)25-39-20-22-40(23-21-39)27-31-7-2-3-8-33(31)37/h2-5,7-18,38H,6,19-27H2,1H3. The molecule has 6 nitrogen and oxygen atoms in total. The van der Waals surface area contributed by atoms with Crippen molar-refractivity contribution in [1.82, 2.24) is 18.9 Å². The fourth-order valence-corrected chi connectivity index (χ4v) is 6.09. The minimum absolute atomic E-state index is 0.523. The van der Waals surface area contributed by atoms with Crippen LogP contribution in [0.1, 0.15) is 28.7 Å². The molecule has 7 heteroatoms. The van der Waals surface area contributed by atoms with Gasteiger partial charge in [-0.1, -0.05) is 83.9 Å². The number of imidazole rings is 1. The Morgan fingerprint density at radius 2 is 1.26 bits per heavy atom. The first-order valence-corrected chi connectivity index (χ1v) is 15.6. The van der Waals surface area contributed by atoms with Gasteiger partial charge in [-0.05, 0) is 60.4 Å². The van der Waals surface area contributed by atoms with Crippen molar-refractivity contribution in [2.24, 2.45) is 0 Å². The van der Waals surface area contributed by atoms with Crippen molar-refractivity contribution < 1.29 is 4.74 Å². The number of ether oxygens (including phenoxy) is 1. The number of piperazine rings is 1. The molecular weight excluding hydrogens is 554 g/mol. The van der Waals surface area contributed by atoms with Crippen molar-refractivity contribution >= 4 is 22.6 Å². The first-order valence-electron chi connectivity index (χ1n) is 15.2. The number of aromatic nitrogens is 2. The first kappa shape index (κ1) is 29.2. The van der Waals surface area contributed by atoms with Crippen LogP contribution in [0.3, 0.4) is 0 Å². The molecule has 0 radical (unpaired) electrons. The van der Waals surface area contributed by atoms with E-state index in [0.29, 0.717) is 18.8 Å². The second kappa shape index (κ2) is 13.6. The molecule has 0 amide bonds. The second-order valence-corrected chi connectivity index (χ2v) is 11.9. The normalized spacial score (nSPS) is 14.4. The highest BCUT2D eigenvalue weighted by Crippen LogP contribution is 2.20. The zero-order valence-electron chi connectivity index (χ0n) is 24.9. The molecule has 1 fully saturated rings. The fraction of sp³-hybridized carbons (Fsp3) is 0.306. The Balaban J connectivity index is 1.04. The van der Waals surface area contributed by atoms with Crippen LogP contribution in [-0.2, 0) is 26.2 Å². The van der Waals surface area contributed by atoms with Gasteiger partial charge in [0.1, 0.15) is 5.75 Å². The molecule has 0 unspecified atom stereocenters. The number of hydrogen-bond donors (Lipinski definition) is 1. The van der Waals surface area contributed by atoms with Gasteiger partial charge in [0.05, 0.1) is 24.2 Å². The molecule has 0 spiro atoms. The molecule has 0 aliphatic carbocycles. The number of aryl methyl sites for hydroxylation is 2. The molecule has 43 heavy (non-hydrogen) atoms. The Hall–Kier alpha value is -3.84. The second-order valence-electron chi connectivity index (χ2n) is 11.5. The van der Waals surface area contributed by atoms with E-state index in [1.807, 2.05) is 24.3 Å². The van der Waals surface area contributed by atoms with Crippen LogP contribution in [0.5, 0.6) is 5.75 Å². The monoisotopic (exact) mass is 593 g/mol. The van der Waals surface area contributed by atoms with Gasteiger partial charge < -0.3 is 13.9 Å². The van der Waals surface area contributed by atoms with Gasteiger partial charge >= 0.3 is 0 Å². The number of nitrogens with zero attached hydrogens (tertiary/aromatic N) is 4. The quantitative estimate of drug-likeness (QED) is 0.173. The van der Waals surface area contributed by atoms with Crippen molar-refractivity contribution in [3.63, 3.8) is 0 Å². The van der Waals surface area contributed by atoms with Crippen LogP contribution in [-0.4, -0.2) is 51.7 Å². The number of para-hydroxylation sites is 2. The molecular formula is C36H40ClN5O. The average molecular weight is 594 g/mol. The molecule has 1 aliphatic heterocycles. The van der Waals surface area contributed by atoms with Crippen molar-refractivity contribution in [2.45, 2.75) is 39.5 Å². The summed E-state index contributed by atoms with van der Waals surface area (Å²) in [5.41, 5.74) is 7.67. The number of halogens is 1. The Labute approximate surface area is 259 Å². The van der Waals surface area contributed by atoms with Gasteiger partial charge in [-0.2, -0.15) is 0 Å². The molecule has 0 bridgehead atoms. The highest BCUT2D eigenvalue weighted by molar-refractivity contribution is 6.31. The third-order valence-electron chi connectivity index (χ3n) is 8.38. The molecule has 6 rings (SSSR count). The molecule has 0 saturated carbocycles. The van der Waals surface area contributed by atoms with E-state index < -0.39 is 0 Å². The van der Waals surface area contributed by atoms with Crippen LogP contribution >= 0.6 is 11.6 Å². The zero-order valence-corrected chi connectivity index (χ0v) is 25.6. The number of benzene rings is 4. The van der Waals surface area contributed by atoms with Gasteiger partial charge in [-0.15, -0.1) is 0 Å². The summed E-state index contributed by atoms with van der Waals surface area (Å²) in [5.74, 6) is 0.892. The van der Waals surface area contributed by atoms with Crippen molar-refractivity contribution in [3.8, 4) is 5.75 Å². The van der Waals surface area contributed by atoms with Crippen LogP contribution < -0.4 is 10.4 Å². The highest BCUT2D eigenvalue weighted by Gasteiger charge is 2.18. The molecule has 1 N–H and O–H groups in total. The van der Waals surface area contributed by atoms with E-state index in [1.165, 1.54) is 22.3 Å². The predicted molar refractivity (Wildman–Crippen MR) is 175 cm³/mol. The summed E-state index contributed by atoms with van der Waals surface area (Å²) in [5, 5.41) is 9.88. The maximum atomic E-state index is 9.03. The van der Waals surface area contributed by atoms with Crippen molar-refractivity contribution in [2.75, 3.05) is 32.8 Å². The van der Waals surface area contributed by atoms with Gasteiger partial charge in [0.25, 0.3) is 0 Å². The van der Waals surface area contributed by atoms with E-state index in [2.05, 4.69) is 98.7 Å². The highest BCUT2D eigenvalue weighted by atomic mass is 35.5. The molecule has 1 aromatic heterocycles. The average Bonchev–Trinajstić information content (AvgIpc) is 3.29. The van der Waals surface area contributed by atoms with E-state index in [1.54, 1.807) is 0 Å². The summed E-state index contributed by atoms with van der Waals surface area (Å²) < 4.78 is 10.2. The molecule has 222 valence electrons. The lowest BCUT2D eigenvalue weighted by Crippen LogP contribution is -2.45. The van der Waals surface area contributed by atoms with Gasteiger partial charge in [0.15, 0.2) is 0 Å². The lowest BCUT2D eigenvalue weighted by Gasteiger charge is -2.35.